The first kappa shape index (κ1) is 16.3. The number of nitrogens with zero attached hydrogens (tertiary/aromatic N) is 1. The number of hydrogen-bond acceptors (Lipinski definition) is 4. The Balaban J connectivity index is 3.62. The number of nitrogens with two attached hydrogens (primary N) is 1. The molecule has 20 heavy (non-hydrogen) atoms. The minimum Gasteiger partial charge on any atom is -0.462 e. The topological polar surface area (TPSA) is 65.2 Å². The van der Waals surface area contributed by atoms with Gasteiger partial charge in [0.1, 0.15) is 0 Å². The molecule has 0 amide bonds. The van der Waals surface area contributed by atoms with Crippen LogP contribution >= 0.6 is 0 Å². The Labute approximate surface area is 110 Å². The monoisotopic (exact) mass is 298 g/mol. The lowest BCUT2D eigenvalue weighted by molar-refractivity contribution is -0.139. The molecule has 0 radical (unpaired) electrons. The molecule has 0 spiro atoms. The molecule has 0 fully saturated rings. The van der Waals surface area contributed by atoms with Crippen molar-refractivity contribution in [3.8, 4) is 0 Å². The van der Waals surface area contributed by atoms with Crippen LogP contribution in [-0.4, -0.2) is 17.6 Å². The number of halogens is 5. The Morgan fingerprint density at radius 1 is 1.45 bits per heavy atom. The lowest BCUT2D eigenvalue weighted by atomic mass is 10.0. The van der Waals surface area contributed by atoms with Crippen LogP contribution in [0.2, 0.25) is 0 Å². The fourth-order valence-corrected chi connectivity index (χ4v) is 1.61. The van der Waals surface area contributed by atoms with Crippen molar-refractivity contribution >= 4 is 5.97 Å². The van der Waals surface area contributed by atoms with Gasteiger partial charge in [0.15, 0.2) is 0 Å². The maximum absolute atomic E-state index is 13.0. The van der Waals surface area contributed by atoms with Crippen LogP contribution in [0.4, 0.5) is 22.0 Å². The number of rotatable bonds is 4. The molecule has 112 valence electrons. The molecule has 0 aliphatic carbocycles. The zero-order chi connectivity index (χ0) is 15.5. The molecule has 0 bridgehead atoms. The summed E-state index contributed by atoms with van der Waals surface area (Å²) in [7, 11) is 0. The molecule has 0 atom stereocenters. The van der Waals surface area contributed by atoms with Gasteiger partial charge in [-0.1, -0.05) is 0 Å². The Kier molecular flexibility index (Phi) is 4.98. The predicted octanol–water partition coefficient (Wildman–Crippen LogP) is 2.67. The molecule has 9 heteroatoms. The number of alkyl halides is 5. The average molecular weight is 298 g/mol. The Morgan fingerprint density at radius 3 is 2.45 bits per heavy atom. The van der Waals surface area contributed by atoms with E-state index in [-0.39, 0.29) is 18.5 Å². The molecule has 0 saturated carbocycles. The Morgan fingerprint density at radius 2 is 2.05 bits per heavy atom. The average Bonchev–Trinajstić information content (AvgIpc) is 2.35. The van der Waals surface area contributed by atoms with Crippen LogP contribution in [0.3, 0.4) is 0 Å². The van der Waals surface area contributed by atoms with E-state index in [9.17, 15) is 26.7 Å². The highest BCUT2D eigenvalue weighted by Gasteiger charge is 2.40. The molecule has 1 aromatic heterocycles. The van der Waals surface area contributed by atoms with E-state index in [1.165, 1.54) is 6.92 Å². The first-order chi connectivity index (χ1) is 9.23. The third-order valence-corrected chi connectivity index (χ3v) is 2.39. The van der Waals surface area contributed by atoms with Crippen molar-refractivity contribution in [1.82, 2.24) is 4.98 Å². The highest BCUT2D eigenvalue weighted by molar-refractivity contribution is 5.93. The zero-order valence-corrected chi connectivity index (χ0v) is 10.3. The van der Waals surface area contributed by atoms with E-state index in [4.69, 9.17) is 5.73 Å². The summed E-state index contributed by atoms with van der Waals surface area (Å²) < 4.78 is 68.6. The van der Waals surface area contributed by atoms with E-state index in [2.05, 4.69) is 9.72 Å². The lowest BCUT2D eigenvalue weighted by Crippen LogP contribution is -2.21. The van der Waals surface area contributed by atoms with Gasteiger partial charge < -0.3 is 10.5 Å². The number of pyridine rings is 1. The summed E-state index contributed by atoms with van der Waals surface area (Å²) in [5, 5.41) is 0. The number of hydrogen-bond donors (Lipinski definition) is 1. The van der Waals surface area contributed by atoms with Gasteiger partial charge >= 0.3 is 12.1 Å². The smallest absolute Gasteiger partial charge is 0.418 e. The third kappa shape index (κ3) is 3.21. The van der Waals surface area contributed by atoms with Crippen LogP contribution in [0.25, 0.3) is 0 Å². The van der Waals surface area contributed by atoms with Crippen molar-refractivity contribution in [2.75, 3.05) is 6.61 Å². The van der Waals surface area contributed by atoms with E-state index in [1.54, 1.807) is 0 Å². The highest BCUT2D eigenvalue weighted by Crippen LogP contribution is 2.38. The predicted molar refractivity (Wildman–Crippen MR) is 58.0 cm³/mol. The summed E-state index contributed by atoms with van der Waals surface area (Å²) in [6, 6.07) is 0. The zero-order valence-electron chi connectivity index (χ0n) is 10.3. The SMILES string of the molecule is CCOC(=O)c1c(CN)ncc(C(F)(F)F)c1C(F)F. The molecule has 1 rings (SSSR count). The molecule has 0 aromatic carbocycles. The summed E-state index contributed by atoms with van der Waals surface area (Å²) in [6.45, 7) is 0.747. The van der Waals surface area contributed by atoms with Gasteiger partial charge in [-0.2, -0.15) is 13.2 Å². The van der Waals surface area contributed by atoms with Gasteiger partial charge in [0.05, 0.1) is 23.4 Å². The van der Waals surface area contributed by atoms with Crippen LogP contribution in [0.5, 0.6) is 0 Å². The number of carbonyl (C=O) groups excluding carboxylic acids is 1. The number of esters is 1. The minimum atomic E-state index is -5.06. The summed E-state index contributed by atoms with van der Waals surface area (Å²) in [4.78, 5) is 14.9. The standard InChI is InChI=1S/C11H11F5N2O2/c1-2-20-10(19)8-6(3-17)18-4-5(11(14,15)16)7(8)9(12)13/h4,9H,2-3,17H2,1H3. The summed E-state index contributed by atoms with van der Waals surface area (Å²) in [6.07, 6.45) is -8.33. The fourth-order valence-electron chi connectivity index (χ4n) is 1.61. The molecule has 1 aromatic rings. The van der Waals surface area contributed by atoms with Gasteiger partial charge in [-0.3, -0.25) is 4.98 Å². The van der Waals surface area contributed by atoms with E-state index >= 15 is 0 Å². The van der Waals surface area contributed by atoms with E-state index in [0.717, 1.165) is 0 Å². The third-order valence-electron chi connectivity index (χ3n) is 2.39. The number of ether oxygens (including phenoxy) is 1. The van der Waals surface area contributed by atoms with Crippen molar-refractivity contribution in [1.29, 1.82) is 0 Å². The van der Waals surface area contributed by atoms with Crippen molar-refractivity contribution in [2.45, 2.75) is 26.1 Å². The van der Waals surface area contributed by atoms with Gasteiger partial charge in [0.25, 0.3) is 6.43 Å². The van der Waals surface area contributed by atoms with Crippen molar-refractivity contribution in [2.24, 2.45) is 5.73 Å². The van der Waals surface area contributed by atoms with E-state index < -0.39 is 41.8 Å². The van der Waals surface area contributed by atoms with Crippen molar-refractivity contribution in [3.63, 3.8) is 0 Å². The largest absolute Gasteiger partial charge is 0.462 e. The Hall–Kier alpha value is -1.77. The molecular weight excluding hydrogens is 287 g/mol. The van der Waals surface area contributed by atoms with Crippen LogP contribution in [0.1, 0.15) is 40.5 Å². The molecule has 1 heterocycles. The maximum Gasteiger partial charge on any atom is 0.418 e. The second-order valence-corrected chi connectivity index (χ2v) is 3.63. The summed E-state index contributed by atoms with van der Waals surface area (Å²) in [5.74, 6) is -1.30. The van der Waals surface area contributed by atoms with Crippen molar-refractivity contribution in [3.05, 3.63) is 28.6 Å². The van der Waals surface area contributed by atoms with Gasteiger partial charge in [-0.05, 0) is 6.92 Å². The molecule has 4 nitrogen and oxygen atoms in total. The minimum absolute atomic E-state index is 0.179. The molecule has 2 N–H and O–H groups in total. The van der Waals surface area contributed by atoms with Gasteiger partial charge in [0.2, 0.25) is 0 Å². The number of carbonyl (C=O) groups is 1. The van der Waals surface area contributed by atoms with Crippen LogP contribution in [0, 0.1) is 0 Å². The fraction of sp³-hybridized carbons (Fsp3) is 0.455. The number of aromatic nitrogens is 1. The molecule has 0 unspecified atom stereocenters. The highest BCUT2D eigenvalue weighted by atomic mass is 19.4. The van der Waals surface area contributed by atoms with E-state index in [1.807, 2.05) is 0 Å². The van der Waals surface area contributed by atoms with E-state index in [0.29, 0.717) is 0 Å². The quantitative estimate of drug-likeness (QED) is 0.685. The van der Waals surface area contributed by atoms with Crippen molar-refractivity contribution < 1.29 is 31.5 Å². The second kappa shape index (κ2) is 6.12. The lowest BCUT2D eigenvalue weighted by Gasteiger charge is -2.17. The Bertz CT molecular complexity index is 502. The molecule has 0 aliphatic heterocycles. The van der Waals surface area contributed by atoms with Crippen LogP contribution in [0.15, 0.2) is 6.20 Å². The normalized spacial score (nSPS) is 11.8. The van der Waals surface area contributed by atoms with Crippen LogP contribution < -0.4 is 5.73 Å². The summed E-state index contributed by atoms with van der Waals surface area (Å²) in [5.41, 5.74) is 0.804. The second-order valence-electron chi connectivity index (χ2n) is 3.63. The molecule has 0 saturated heterocycles. The van der Waals surface area contributed by atoms with Gasteiger partial charge in [0, 0.05) is 18.3 Å². The van der Waals surface area contributed by atoms with Gasteiger partial charge in [-0.25, -0.2) is 13.6 Å². The molecular formula is C11H11F5N2O2. The first-order valence-corrected chi connectivity index (χ1v) is 5.48. The first-order valence-electron chi connectivity index (χ1n) is 5.48. The summed E-state index contributed by atoms with van der Waals surface area (Å²) >= 11 is 0. The maximum atomic E-state index is 13.0. The van der Waals surface area contributed by atoms with Gasteiger partial charge in [-0.15, -0.1) is 0 Å². The molecule has 0 aliphatic rings. The van der Waals surface area contributed by atoms with Crippen LogP contribution in [-0.2, 0) is 17.5 Å².